The molecule has 3 aromatic rings. The minimum atomic E-state index is -0.192. The van der Waals surface area contributed by atoms with Crippen LogP contribution < -0.4 is 5.32 Å². The maximum atomic E-state index is 12.1. The molecule has 0 saturated heterocycles. The molecule has 6 nitrogen and oxygen atoms in total. The number of fused-ring (bicyclic) bond motifs is 1. The van der Waals surface area contributed by atoms with Crippen molar-refractivity contribution >= 4 is 22.2 Å². The van der Waals surface area contributed by atoms with Gasteiger partial charge in [0.15, 0.2) is 5.82 Å². The Morgan fingerprint density at radius 2 is 2.10 bits per heavy atom. The molecule has 0 aliphatic carbocycles. The fourth-order valence-electron chi connectivity index (χ4n) is 1.87. The quantitative estimate of drug-likeness (QED) is 0.796. The number of hydrogen-bond acceptors (Lipinski definition) is 5. The van der Waals surface area contributed by atoms with Gasteiger partial charge in [0.2, 0.25) is 9.97 Å². The topological polar surface area (TPSA) is 72.2 Å². The molecule has 0 aliphatic heterocycles. The molecule has 7 heteroatoms. The van der Waals surface area contributed by atoms with Crippen LogP contribution in [0, 0.1) is 13.8 Å². The van der Waals surface area contributed by atoms with E-state index < -0.39 is 0 Å². The lowest BCUT2D eigenvalue weighted by atomic mass is 10.1. The first-order valence-electron chi connectivity index (χ1n) is 6.16. The number of hydrogen-bond donors (Lipinski definition) is 1. The summed E-state index contributed by atoms with van der Waals surface area (Å²) >= 11 is 1.23. The van der Waals surface area contributed by atoms with Crippen LogP contribution in [0.3, 0.4) is 0 Å². The van der Waals surface area contributed by atoms with Crippen molar-refractivity contribution in [2.75, 3.05) is 0 Å². The Bertz CT molecular complexity index is 776. The average molecular weight is 287 g/mol. The first-order valence-corrected chi connectivity index (χ1v) is 6.98. The Labute approximate surface area is 119 Å². The van der Waals surface area contributed by atoms with Crippen LogP contribution in [0.1, 0.15) is 26.8 Å². The smallest absolute Gasteiger partial charge is 0.282 e. The molecule has 0 saturated carbocycles. The third kappa shape index (κ3) is 2.27. The molecule has 20 heavy (non-hydrogen) atoms. The summed E-state index contributed by atoms with van der Waals surface area (Å²) in [7, 11) is 0. The number of benzene rings is 1. The highest BCUT2D eigenvalue weighted by atomic mass is 32.1. The molecule has 0 spiro atoms. The fraction of sp³-hybridized carbons (Fsp3) is 0.231. The Morgan fingerprint density at radius 3 is 2.85 bits per heavy atom. The van der Waals surface area contributed by atoms with Gasteiger partial charge in [0, 0.05) is 6.54 Å². The van der Waals surface area contributed by atoms with E-state index in [0.717, 1.165) is 11.1 Å². The standard InChI is InChI=1S/C13H13N5OS/c1-8-5-3-4-6-10(8)7-14-11(19)12-17-18-9(2)15-16-13(18)20-12/h3-6H,7H2,1-2H3,(H,14,19). The zero-order valence-electron chi connectivity index (χ0n) is 11.1. The second-order valence-electron chi connectivity index (χ2n) is 4.46. The minimum absolute atomic E-state index is 0.192. The van der Waals surface area contributed by atoms with Crippen molar-refractivity contribution in [2.24, 2.45) is 0 Å². The van der Waals surface area contributed by atoms with Gasteiger partial charge in [-0.05, 0) is 25.0 Å². The molecule has 102 valence electrons. The monoisotopic (exact) mass is 287 g/mol. The maximum Gasteiger partial charge on any atom is 0.282 e. The molecule has 1 amide bonds. The molecule has 2 heterocycles. The molecule has 0 fully saturated rings. The van der Waals surface area contributed by atoms with Crippen molar-refractivity contribution in [2.45, 2.75) is 20.4 Å². The molecule has 0 atom stereocenters. The van der Waals surface area contributed by atoms with Crippen LogP contribution in [0.25, 0.3) is 4.96 Å². The third-order valence-electron chi connectivity index (χ3n) is 3.04. The van der Waals surface area contributed by atoms with E-state index >= 15 is 0 Å². The van der Waals surface area contributed by atoms with E-state index in [2.05, 4.69) is 20.6 Å². The highest BCUT2D eigenvalue weighted by Crippen LogP contribution is 2.14. The van der Waals surface area contributed by atoms with Gasteiger partial charge in [-0.15, -0.1) is 15.3 Å². The van der Waals surface area contributed by atoms with Crippen molar-refractivity contribution in [1.82, 2.24) is 25.1 Å². The molecular formula is C13H13N5OS. The molecule has 1 N–H and O–H groups in total. The van der Waals surface area contributed by atoms with Crippen LogP contribution in [0.15, 0.2) is 24.3 Å². The van der Waals surface area contributed by atoms with Crippen LogP contribution in [-0.2, 0) is 6.54 Å². The van der Waals surface area contributed by atoms with Gasteiger partial charge in [-0.25, -0.2) is 0 Å². The van der Waals surface area contributed by atoms with Crippen molar-refractivity contribution in [3.05, 3.63) is 46.2 Å². The molecular weight excluding hydrogens is 274 g/mol. The molecule has 0 bridgehead atoms. The zero-order valence-corrected chi connectivity index (χ0v) is 11.9. The van der Waals surface area contributed by atoms with Gasteiger partial charge in [-0.1, -0.05) is 35.6 Å². The lowest BCUT2D eigenvalue weighted by Gasteiger charge is -2.05. The summed E-state index contributed by atoms with van der Waals surface area (Å²) < 4.78 is 1.58. The lowest BCUT2D eigenvalue weighted by Crippen LogP contribution is -2.23. The number of carbonyl (C=O) groups excluding carboxylic acids is 1. The number of aryl methyl sites for hydroxylation is 2. The number of amides is 1. The number of nitrogens with one attached hydrogen (secondary N) is 1. The molecule has 1 aromatic carbocycles. The molecule has 0 aliphatic rings. The van der Waals surface area contributed by atoms with Crippen molar-refractivity contribution in [3.63, 3.8) is 0 Å². The highest BCUT2D eigenvalue weighted by molar-refractivity contribution is 7.18. The number of aromatic nitrogens is 4. The zero-order chi connectivity index (χ0) is 14.1. The average Bonchev–Trinajstić information content (AvgIpc) is 3.00. The maximum absolute atomic E-state index is 12.1. The summed E-state index contributed by atoms with van der Waals surface area (Å²) in [6.45, 7) is 4.31. The van der Waals surface area contributed by atoms with Crippen molar-refractivity contribution < 1.29 is 4.79 Å². The van der Waals surface area contributed by atoms with Crippen LogP contribution in [0.2, 0.25) is 0 Å². The number of rotatable bonds is 3. The van der Waals surface area contributed by atoms with Crippen LogP contribution >= 0.6 is 11.3 Å². The fourth-order valence-corrected chi connectivity index (χ4v) is 2.67. The summed E-state index contributed by atoms with van der Waals surface area (Å²) in [4.78, 5) is 12.7. The van der Waals surface area contributed by atoms with E-state index in [9.17, 15) is 4.79 Å². The summed E-state index contributed by atoms with van der Waals surface area (Å²) in [5.41, 5.74) is 2.25. The van der Waals surface area contributed by atoms with Crippen LogP contribution in [0.4, 0.5) is 0 Å². The van der Waals surface area contributed by atoms with Gasteiger partial charge in [-0.2, -0.15) is 4.52 Å². The van der Waals surface area contributed by atoms with Gasteiger partial charge in [0.1, 0.15) is 0 Å². The second-order valence-corrected chi connectivity index (χ2v) is 5.41. The highest BCUT2D eigenvalue weighted by Gasteiger charge is 2.15. The van der Waals surface area contributed by atoms with Gasteiger partial charge < -0.3 is 5.32 Å². The number of carbonyl (C=O) groups is 1. The van der Waals surface area contributed by atoms with Crippen LogP contribution in [0.5, 0.6) is 0 Å². The predicted octanol–water partition coefficient (Wildman–Crippen LogP) is 1.73. The Balaban J connectivity index is 1.74. The first kappa shape index (κ1) is 12.7. The first-order chi connectivity index (χ1) is 9.65. The largest absolute Gasteiger partial charge is 0.346 e. The van der Waals surface area contributed by atoms with Gasteiger partial charge in [0.05, 0.1) is 0 Å². The number of nitrogens with zero attached hydrogens (tertiary/aromatic N) is 4. The van der Waals surface area contributed by atoms with Gasteiger partial charge in [0.25, 0.3) is 5.91 Å². The summed E-state index contributed by atoms with van der Waals surface area (Å²) in [5.74, 6) is 0.484. The normalized spacial score (nSPS) is 10.9. The van der Waals surface area contributed by atoms with E-state index in [4.69, 9.17) is 0 Å². The summed E-state index contributed by atoms with van der Waals surface area (Å²) in [6, 6.07) is 7.96. The SMILES string of the molecule is Cc1ccccc1CNC(=O)c1nn2c(C)nnc2s1. The van der Waals surface area contributed by atoms with Crippen molar-refractivity contribution in [3.8, 4) is 0 Å². The third-order valence-corrected chi connectivity index (χ3v) is 3.94. The van der Waals surface area contributed by atoms with Crippen molar-refractivity contribution in [1.29, 1.82) is 0 Å². The van der Waals surface area contributed by atoms with E-state index in [1.807, 2.05) is 31.2 Å². The van der Waals surface area contributed by atoms with E-state index in [-0.39, 0.29) is 5.91 Å². The van der Waals surface area contributed by atoms with E-state index in [1.54, 1.807) is 11.4 Å². The van der Waals surface area contributed by atoms with E-state index in [1.165, 1.54) is 11.3 Å². The molecule has 0 unspecified atom stereocenters. The summed E-state index contributed by atoms with van der Waals surface area (Å²) in [5, 5.41) is 15.3. The lowest BCUT2D eigenvalue weighted by molar-refractivity contribution is 0.0949. The van der Waals surface area contributed by atoms with Gasteiger partial charge in [-0.3, -0.25) is 4.79 Å². The molecule has 2 aromatic heterocycles. The molecule has 3 rings (SSSR count). The Morgan fingerprint density at radius 1 is 1.30 bits per heavy atom. The minimum Gasteiger partial charge on any atom is -0.346 e. The summed E-state index contributed by atoms with van der Waals surface area (Å²) in [6.07, 6.45) is 0. The van der Waals surface area contributed by atoms with Crippen LogP contribution in [-0.4, -0.2) is 25.7 Å². The predicted molar refractivity (Wildman–Crippen MR) is 75.7 cm³/mol. The van der Waals surface area contributed by atoms with Gasteiger partial charge >= 0.3 is 0 Å². The Kier molecular flexibility index (Phi) is 3.19. The Hall–Kier alpha value is -2.28. The second kappa shape index (κ2) is 5.01. The van der Waals surface area contributed by atoms with E-state index in [0.29, 0.717) is 22.3 Å². The molecule has 0 radical (unpaired) electrons.